The van der Waals surface area contributed by atoms with Gasteiger partial charge in [0.15, 0.2) is 6.61 Å². The number of hydrogen-bond acceptors (Lipinski definition) is 4. The predicted molar refractivity (Wildman–Crippen MR) is 105 cm³/mol. The lowest BCUT2D eigenvalue weighted by atomic mass is 10.2. The van der Waals surface area contributed by atoms with Crippen LogP contribution in [0.1, 0.15) is 22.3 Å². The van der Waals surface area contributed by atoms with Gasteiger partial charge in [0, 0.05) is 37.1 Å². The first kappa shape index (κ1) is 20.7. The Morgan fingerprint density at radius 3 is 2.67 bits per heavy atom. The van der Waals surface area contributed by atoms with Gasteiger partial charge in [-0.2, -0.15) is 0 Å². The Morgan fingerprint density at radius 2 is 1.96 bits per heavy atom. The Balaban J connectivity index is 1.68. The van der Waals surface area contributed by atoms with Gasteiger partial charge < -0.3 is 15.4 Å². The molecule has 2 aromatic rings. The van der Waals surface area contributed by atoms with Crippen molar-refractivity contribution in [2.75, 3.05) is 13.2 Å². The van der Waals surface area contributed by atoms with Gasteiger partial charge in [-0.15, -0.1) is 0 Å². The summed E-state index contributed by atoms with van der Waals surface area (Å²) in [6.07, 6.45) is 3.54. The van der Waals surface area contributed by atoms with Crippen LogP contribution in [0.2, 0.25) is 10.0 Å². The average Bonchev–Trinajstić information content (AvgIpc) is 2.62. The maximum atomic E-state index is 12.1. The van der Waals surface area contributed by atoms with Gasteiger partial charge in [0.25, 0.3) is 11.8 Å². The van der Waals surface area contributed by atoms with Crippen LogP contribution in [-0.2, 0) is 4.79 Å². The number of halogens is 2. The van der Waals surface area contributed by atoms with Crippen LogP contribution in [0.25, 0.3) is 0 Å². The second-order valence-electron chi connectivity index (χ2n) is 5.77. The molecule has 1 aromatic heterocycles. The second-order valence-corrected chi connectivity index (χ2v) is 6.59. The van der Waals surface area contributed by atoms with E-state index < -0.39 is 0 Å². The molecule has 0 atom stereocenters. The van der Waals surface area contributed by atoms with Gasteiger partial charge in [0.1, 0.15) is 5.75 Å². The number of hydrogen-bond donors (Lipinski definition) is 2. The van der Waals surface area contributed by atoms with Crippen LogP contribution in [0.5, 0.6) is 5.75 Å². The SMILES string of the molecule is C=C(CCNC(=O)COc1ccc(Cl)c(Cl)c1)NC(=O)c1cncc(C)c1. The summed E-state index contributed by atoms with van der Waals surface area (Å²) in [4.78, 5) is 27.9. The number of rotatable bonds is 8. The minimum Gasteiger partial charge on any atom is -0.484 e. The van der Waals surface area contributed by atoms with Crippen LogP contribution < -0.4 is 15.4 Å². The van der Waals surface area contributed by atoms with Crippen LogP contribution in [0.4, 0.5) is 0 Å². The highest BCUT2D eigenvalue weighted by Crippen LogP contribution is 2.26. The van der Waals surface area contributed by atoms with Crippen molar-refractivity contribution in [3.63, 3.8) is 0 Å². The highest BCUT2D eigenvalue weighted by atomic mass is 35.5. The number of aryl methyl sites for hydroxylation is 1. The maximum absolute atomic E-state index is 12.1. The van der Waals surface area contributed by atoms with E-state index in [2.05, 4.69) is 22.2 Å². The molecule has 0 bridgehead atoms. The lowest BCUT2D eigenvalue weighted by molar-refractivity contribution is -0.123. The normalized spacial score (nSPS) is 10.2. The summed E-state index contributed by atoms with van der Waals surface area (Å²) in [5.41, 5.74) is 1.84. The molecule has 0 fully saturated rings. The maximum Gasteiger partial charge on any atom is 0.257 e. The van der Waals surface area contributed by atoms with Crippen LogP contribution in [0.3, 0.4) is 0 Å². The van der Waals surface area contributed by atoms with Crippen LogP contribution in [0.15, 0.2) is 48.9 Å². The Morgan fingerprint density at radius 1 is 1.19 bits per heavy atom. The number of ether oxygens (including phenoxy) is 1. The molecule has 2 amide bonds. The van der Waals surface area contributed by atoms with Gasteiger partial charge >= 0.3 is 0 Å². The van der Waals surface area contributed by atoms with E-state index in [0.29, 0.717) is 40.0 Å². The largest absolute Gasteiger partial charge is 0.484 e. The zero-order chi connectivity index (χ0) is 19.8. The fourth-order valence-corrected chi connectivity index (χ4v) is 2.38. The Kier molecular flexibility index (Phi) is 7.64. The third kappa shape index (κ3) is 6.92. The summed E-state index contributed by atoms with van der Waals surface area (Å²) in [6.45, 7) is 5.80. The molecule has 0 unspecified atom stereocenters. The fraction of sp³-hybridized carbons (Fsp3) is 0.211. The molecule has 0 saturated carbocycles. The molecule has 0 aliphatic carbocycles. The first-order chi connectivity index (χ1) is 12.8. The summed E-state index contributed by atoms with van der Waals surface area (Å²) >= 11 is 11.7. The molecule has 0 saturated heterocycles. The minimum absolute atomic E-state index is 0.161. The molecule has 2 rings (SSSR count). The Bertz CT molecular complexity index is 856. The first-order valence-electron chi connectivity index (χ1n) is 8.10. The van der Waals surface area contributed by atoms with E-state index in [4.69, 9.17) is 27.9 Å². The molecule has 8 heteroatoms. The molecule has 0 spiro atoms. The standard InChI is InChI=1S/C19H19Cl2N3O3/c1-12-7-14(10-22-9-12)19(26)24-13(2)5-6-23-18(25)11-27-15-3-4-16(20)17(21)8-15/h3-4,7-10H,2,5-6,11H2,1H3,(H,23,25)(H,24,26). The second kappa shape index (κ2) is 9.94. The number of aromatic nitrogens is 1. The van der Waals surface area contributed by atoms with Crippen molar-refractivity contribution in [3.8, 4) is 5.75 Å². The zero-order valence-electron chi connectivity index (χ0n) is 14.7. The number of amides is 2. The molecule has 6 nitrogen and oxygen atoms in total. The topological polar surface area (TPSA) is 80.3 Å². The molecular formula is C19H19Cl2N3O3. The van der Waals surface area contributed by atoms with Crippen molar-refractivity contribution in [1.82, 2.24) is 15.6 Å². The summed E-state index contributed by atoms with van der Waals surface area (Å²) in [6, 6.07) is 6.49. The number of nitrogens with one attached hydrogen (secondary N) is 2. The van der Waals surface area contributed by atoms with Gasteiger partial charge in [-0.3, -0.25) is 14.6 Å². The van der Waals surface area contributed by atoms with E-state index in [1.807, 2.05) is 6.92 Å². The zero-order valence-corrected chi connectivity index (χ0v) is 16.2. The lowest BCUT2D eigenvalue weighted by Gasteiger charge is -2.10. The van der Waals surface area contributed by atoms with Crippen molar-refractivity contribution < 1.29 is 14.3 Å². The summed E-state index contributed by atoms with van der Waals surface area (Å²) < 4.78 is 5.34. The van der Waals surface area contributed by atoms with E-state index in [0.717, 1.165) is 5.56 Å². The number of benzene rings is 1. The molecule has 0 aliphatic rings. The minimum atomic E-state index is -0.303. The summed E-state index contributed by atoms with van der Waals surface area (Å²) in [5, 5.41) is 6.13. The van der Waals surface area contributed by atoms with E-state index >= 15 is 0 Å². The van der Waals surface area contributed by atoms with Crippen molar-refractivity contribution in [2.45, 2.75) is 13.3 Å². The monoisotopic (exact) mass is 407 g/mol. The molecule has 1 heterocycles. The van der Waals surface area contributed by atoms with Gasteiger partial charge in [0.2, 0.25) is 0 Å². The van der Waals surface area contributed by atoms with Gasteiger partial charge in [-0.1, -0.05) is 29.8 Å². The van der Waals surface area contributed by atoms with Crippen molar-refractivity contribution in [3.05, 3.63) is 70.1 Å². The van der Waals surface area contributed by atoms with E-state index in [1.165, 1.54) is 12.3 Å². The smallest absolute Gasteiger partial charge is 0.257 e. The van der Waals surface area contributed by atoms with E-state index in [1.54, 1.807) is 24.4 Å². The van der Waals surface area contributed by atoms with Crippen LogP contribution >= 0.6 is 23.2 Å². The predicted octanol–water partition coefficient (Wildman–Crippen LogP) is 3.53. The Hall–Kier alpha value is -2.57. The number of carbonyl (C=O) groups is 2. The number of carbonyl (C=O) groups excluding carboxylic acids is 2. The third-order valence-corrected chi connectivity index (χ3v) is 4.18. The van der Waals surface area contributed by atoms with Crippen LogP contribution in [-0.4, -0.2) is 29.9 Å². The summed E-state index contributed by atoms with van der Waals surface area (Å²) in [7, 11) is 0. The average molecular weight is 408 g/mol. The molecular weight excluding hydrogens is 389 g/mol. The van der Waals surface area contributed by atoms with Crippen molar-refractivity contribution in [2.24, 2.45) is 0 Å². The van der Waals surface area contributed by atoms with E-state index in [-0.39, 0.29) is 18.4 Å². The molecule has 1 aromatic carbocycles. The molecule has 2 N–H and O–H groups in total. The fourth-order valence-electron chi connectivity index (χ4n) is 2.09. The Labute approximate surface area is 167 Å². The first-order valence-corrected chi connectivity index (χ1v) is 8.86. The van der Waals surface area contributed by atoms with Crippen LogP contribution in [0, 0.1) is 6.92 Å². The quantitative estimate of drug-likeness (QED) is 0.701. The highest BCUT2D eigenvalue weighted by molar-refractivity contribution is 6.42. The summed E-state index contributed by atoms with van der Waals surface area (Å²) in [5.74, 6) is -0.142. The number of nitrogens with zero attached hydrogens (tertiary/aromatic N) is 1. The lowest BCUT2D eigenvalue weighted by Crippen LogP contribution is -2.31. The van der Waals surface area contributed by atoms with E-state index in [9.17, 15) is 9.59 Å². The molecule has 27 heavy (non-hydrogen) atoms. The van der Waals surface area contributed by atoms with Gasteiger partial charge in [-0.25, -0.2) is 0 Å². The highest BCUT2D eigenvalue weighted by Gasteiger charge is 2.08. The van der Waals surface area contributed by atoms with Gasteiger partial charge in [-0.05, 0) is 30.7 Å². The van der Waals surface area contributed by atoms with Crippen molar-refractivity contribution in [1.29, 1.82) is 0 Å². The van der Waals surface area contributed by atoms with Gasteiger partial charge in [0.05, 0.1) is 15.6 Å². The third-order valence-electron chi connectivity index (χ3n) is 3.44. The number of pyridine rings is 1. The molecule has 142 valence electrons. The molecule has 0 aliphatic heterocycles. The molecule has 0 radical (unpaired) electrons. The van der Waals surface area contributed by atoms with Crippen molar-refractivity contribution >= 4 is 35.0 Å².